The number of hydrogen-bond acceptors (Lipinski definition) is 8. The van der Waals surface area contributed by atoms with E-state index in [0.29, 0.717) is 6.61 Å². The Kier molecular flexibility index (Phi) is 4.32. The molecule has 10 heteroatoms. The summed E-state index contributed by atoms with van der Waals surface area (Å²) in [5.74, 6) is 0. The maximum atomic E-state index is 11.4. The second kappa shape index (κ2) is 6.03. The molecule has 0 aromatic rings. The molecule has 3 rings (SSSR count). The van der Waals surface area contributed by atoms with Gasteiger partial charge < -0.3 is 34.3 Å². The van der Waals surface area contributed by atoms with E-state index in [1.54, 1.807) is 0 Å². The number of alkyl carbamates (subject to hydrolysis) is 2. The largest absolute Gasteiger partial charge is 0.453 e. The Balaban J connectivity index is 1.72. The van der Waals surface area contributed by atoms with Crippen LogP contribution in [0.15, 0.2) is 0 Å². The van der Waals surface area contributed by atoms with Crippen LogP contribution in [0.5, 0.6) is 0 Å². The Bertz CT molecular complexity index is 512. The molecule has 136 valence electrons. The summed E-state index contributed by atoms with van der Waals surface area (Å²) < 4.78 is 27.2. The molecule has 5 atom stereocenters. The molecule has 0 aromatic heterocycles. The number of hydrogen-bond donors (Lipinski definition) is 2. The van der Waals surface area contributed by atoms with E-state index in [-0.39, 0.29) is 25.5 Å². The van der Waals surface area contributed by atoms with Crippen molar-refractivity contribution in [1.82, 2.24) is 15.5 Å². The summed E-state index contributed by atoms with van der Waals surface area (Å²) in [5.41, 5.74) is -1.52. The molecule has 2 N–H and O–H groups in total. The molecule has 0 bridgehead atoms. The molecule has 0 radical (unpaired) electrons. The molecule has 10 nitrogen and oxygen atoms in total. The van der Waals surface area contributed by atoms with E-state index in [1.165, 1.54) is 14.2 Å². The van der Waals surface area contributed by atoms with Crippen LogP contribution in [0.4, 0.5) is 9.59 Å². The molecule has 3 heterocycles. The Morgan fingerprint density at radius 3 is 2.12 bits per heavy atom. The highest BCUT2D eigenvalue weighted by atomic mass is 16.7. The lowest BCUT2D eigenvalue weighted by molar-refractivity contribution is -0.126. The van der Waals surface area contributed by atoms with Crippen molar-refractivity contribution in [3.63, 3.8) is 0 Å². The van der Waals surface area contributed by atoms with Crippen molar-refractivity contribution in [2.75, 3.05) is 33.9 Å². The van der Waals surface area contributed by atoms with Gasteiger partial charge in [-0.3, -0.25) is 0 Å². The Labute approximate surface area is 139 Å². The molecule has 3 saturated heterocycles. The van der Waals surface area contributed by atoms with Gasteiger partial charge in [0, 0.05) is 0 Å². The molecule has 0 saturated carbocycles. The Morgan fingerprint density at radius 2 is 1.58 bits per heavy atom. The van der Waals surface area contributed by atoms with Crippen molar-refractivity contribution in [2.45, 2.75) is 43.7 Å². The smallest absolute Gasteiger partial charge is 0.406 e. The van der Waals surface area contributed by atoms with Crippen molar-refractivity contribution in [3.05, 3.63) is 0 Å². The van der Waals surface area contributed by atoms with Crippen LogP contribution in [0.2, 0.25) is 0 Å². The summed E-state index contributed by atoms with van der Waals surface area (Å²) in [5, 5.41) is 5.30. The fourth-order valence-electron chi connectivity index (χ4n) is 3.44. The first kappa shape index (κ1) is 17.2. The average molecular weight is 345 g/mol. The van der Waals surface area contributed by atoms with Gasteiger partial charge in [0.05, 0.1) is 33.9 Å². The molecule has 2 amide bonds. The molecule has 0 spiro atoms. The summed E-state index contributed by atoms with van der Waals surface area (Å²) in [6, 6.07) is 0. The number of carbonyl (C=O) groups excluding carboxylic acids is 2. The van der Waals surface area contributed by atoms with Crippen molar-refractivity contribution >= 4 is 12.2 Å². The third-order valence-corrected chi connectivity index (χ3v) is 4.64. The van der Waals surface area contributed by atoms with Crippen LogP contribution in [0, 0.1) is 0 Å². The third-order valence-electron chi connectivity index (χ3n) is 4.64. The van der Waals surface area contributed by atoms with Gasteiger partial charge in [-0.05, 0) is 13.8 Å². The summed E-state index contributed by atoms with van der Waals surface area (Å²) >= 11 is 0. The number of nitrogens with zero attached hydrogens (tertiary/aromatic N) is 1. The summed E-state index contributed by atoms with van der Waals surface area (Å²) in [6.45, 7) is 4.58. The van der Waals surface area contributed by atoms with Gasteiger partial charge in [-0.25, -0.2) is 14.5 Å². The topological polar surface area (TPSA) is 108 Å². The molecule has 3 fully saturated rings. The highest BCUT2D eigenvalue weighted by Crippen LogP contribution is 2.48. The standard InChI is InChI=1S/C14H23N3O7/c1-13(6-15-11(18)20-3)9-17-8(5-22-9)23-14(2,10(17)24-13)7-16-12(19)21-4/h8-10H,5-7H2,1-4H3,(H,15,18)(H,16,19)/t8-,9-,10-,13+,14+/m0/s1. The zero-order valence-corrected chi connectivity index (χ0v) is 14.2. The summed E-state index contributed by atoms with van der Waals surface area (Å²) in [6.07, 6.45) is -2.11. The third kappa shape index (κ3) is 2.69. The monoisotopic (exact) mass is 345 g/mol. The van der Waals surface area contributed by atoms with Gasteiger partial charge in [0.15, 0.2) is 0 Å². The summed E-state index contributed by atoms with van der Waals surface area (Å²) in [7, 11) is 2.60. The first-order chi connectivity index (χ1) is 11.3. The van der Waals surface area contributed by atoms with Gasteiger partial charge in [-0.1, -0.05) is 0 Å². The number of rotatable bonds is 4. The molecule has 0 aliphatic carbocycles. The average Bonchev–Trinajstić information content (AvgIpc) is 3.18. The lowest BCUT2D eigenvalue weighted by atomic mass is 10.1. The molecule has 0 unspecified atom stereocenters. The first-order valence-electron chi connectivity index (χ1n) is 7.71. The fourth-order valence-corrected chi connectivity index (χ4v) is 3.44. The quantitative estimate of drug-likeness (QED) is 0.708. The van der Waals surface area contributed by atoms with Crippen molar-refractivity contribution in [1.29, 1.82) is 0 Å². The predicted octanol–water partition coefficient (Wildman–Crippen LogP) is -0.413. The predicted molar refractivity (Wildman–Crippen MR) is 79.0 cm³/mol. The minimum atomic E-state index is -0.760. The molecule has 3 aliphatic heterocycles. The molecule has 3 aliphatic rings. The number of carbonyl (C=O) groups is 2. The lowest BCUT2D eigenvalue weighted by Gasteiger charge is -2.32. The van der Waals surface area contributed by atoms with Gasteiger partial charge in [0.1, 0.15) is 29.9 Å². The summed E-state index contributed by atoms with van der Waals surface area (Å²) in [4.78, 5) is 24.7. The zero-order chi connectivity index (χ0) is 17.5. The van der Waals surface area contributed by atoms with Crippen LogP contribution in [-0.4, -0.2) is 80.9 Å². The molecular formula is C14H23N3O7. The molecule has 0 aromatic carbocycles. The molecule has 24 heavy (non-hydrogen) atoms. The van der Waals surface area contributed by atoms with E-state index in [4.69, 9.17) is 14.2 Å². The Morgan fingerprint density at radius 1 is 1.04 bits per heavy atom. The first-order valence-corrected chi connectivity index (χ1v) is 7.71. The molecular weight excluding hydrogens is 322 g/mol. The highest BCUT2D eigenvalue weighted by Gasteiger charge is 2.67. The van der Waals surface area contributed by atoms with E-state index in [9.17, 15) is 9.59 Å². The number of amides is 2. The van der Waals surface area contributed by atoms with Crippen LogP contribution in [-0.2, 0) is 23.7 Å². The number of ether oxygens (including phenoxy) is 5. The minimum Gasteiger partial charge on any atom is -0.453 e. The Hall–Kier alpha value is -1.62. The van der Waals surface area contributed by atoms with E-state index in [0.717, 1.165) is 0 Å². The minimum absolute atomic E-state index is 0.227. The second-order valence-corrected chi connectivity index (χ2v) is 6.49. The van der Waals surface area contributed by atoms with Gasteiger partial charge in [0.25, 0.3) is 0 Å². The van der Waals surface area contributed by atoms with E-state index in [1.807, 2.05) is 18.7 Å². The van der Waals surface area contributed by atoms with Crippen molar-refractivity contribution < 1.29 is 33.3 Å². The maximum Gasteiger partial charge on any atom is 0.406 e. The van der Waals surface area contributed by atoms with E-state index in [2.05, 4.69) is 20.1 Å². The van der Waals surface area contributed by atoms with Crippen molar-refractivity contribution in [2.24, 2.45) is 0 Å². The van der Waals surface area contributed by atoms with Crippen LogP contribution in [0.1, 0.15) is 13.8 Å². The van der Waals surface area contributed by atoms with Gasteiger partial charge >= 0.3 is 12.2 Å². The maximum absolute atomic E-state index is 11.4. The van der Waals surface area contributed by atoms with Crippen LogP contribution < -0.4 is 10.6 Å². The van der Waals surface area contributed by atoms with Gasteiger partial charge in [-0.15, -0.1) is 0 Å². The van der Waals surface area contributed by atoms with Gasteiger partial charge in [0.2, 0.25) is 0 Å². The van der Waals surface area contributed by atoms with Gasteiger partial charge in [-0.2, -0.15) is 0 Å². The van der Waals surface area contributed by atoms with E-state index < -0.39 is 29.6 Å². The zero-order valence-electron chi connectivity index (χ0n) is 14.2. The fraction of sp³-hybridized carbons (Fsp3) is 0.857. The normalized spacial score (nSPS) is 40.2. The number of methoxy groups -OCH3 is 2. The SMILES string of the molecule is COC(=O)NC[C@@]1(C)O[C@H]2CO[C@@H]3N2[C@H]1O[C@]3(C)CNC(=O)OC. The lowest BCUT2D eigenvalue weighted by Crippen LogP contribution is -2.51. The van der Waals surface area contributed by atoms with Crippen LogP contribution >= 0.6 is 0 Å². The van der Waals surface area contributed by atoms with E-state index >= 15 is 0 Å². The second-order valence-electron chi connectivity index (χ2n) is 6.49. The van der Waals surface area contributed by atoms with Crippen LogP contribution in [0.25, 0.3) is 0 Å². The number of nitrogens with one attached hydrogen (secondary N) is 2. The highest BCUT2D eigenvalue weighted by molar-refractivity contribution is 5.67. The van der Waals surface area contributed by atoms with Crippen LogP contribution in [0.3, 0.4) is 0 Å². The van der Waals surface area contributed by atoms with Crippen molar-refractivity contribution in [3.8, 4) is 0 Å².